The summed E-state index contributed by atoms with van der Waals surface area (Å²) in [4.78, 5) is 6.98. The first-order valence-electron chi connectivity index (χ1n) is 6.53. The SMILES string of the molecule is CN(c1nc2c(cc1C#N)CCC2)C1CCSC1. The Hall–Kier alpha value is -1.21. The average Bonchev–Trinajstić information content (AvgIpc) is 3.06. The van der Waals surface area contributed by atoms with Crippen LogP contribution in [0.2, 0.25) is 0 Å². The van der Waals surface area contributed by atoms with E-state index in [4.69, 9.17) is 4.98 Å². The predicted molar refractivity (Wildman–Crippen MR) is 75.1 cm³/mol. The van der Waals surface area contributed by atoms with Crippen LogP contribution in [0, 0.1) is 11.3 Å². The maximum atomic E-state index is 9.32. The summed E-state index contributed by atoms with van der Waals surface area (Å²) in [6.45, 7) is 0. The van der Waals surface area contributed by atoms with E-state index >= 15 is 0 Å². The molecule has 1 aromatic rings. The highest BCUT2D eigenvalue weighted by Gasteiger charge is 2.25. The average molecular weight is 259 g/mol. The van der Waals surface area contributed by atoms with Gasteiger partial charge in [-0.05, 0) is 43.1 Å². The van der Waals surface area contributed by atoms with E-state index in [9.17, 15) is 5.26 Å². The molecule has 1 fully saturated rings. The zero-order valence-corrected chi connectivity index (χ0v) is 11.5. The lowest BCUT2D eigenvalue weighted by Crippen LogP contribution is -2.32. The lowest BCUT2D eigenvalue weighted by molar-refractivity contribution is 0.689. The van der Waals surface area contributed by atoms with Gasteiger partial charge in [-0.3, -0.25) is 0 Å². The van der Waals surface area contributed by atoms with Crippen molar-refractivity contribution in [1.29, 1.82) is 5.26 Å². The van der Waals surface area contributed by atoms with Crippen molar-refractivity contribution in [2.24, 2.45) is 0 Å². The van der Waals surface area contributed by atoms with Gasteiger partial charge in [0.05, 0.1) is 5.56 Å². The number of rotatable bonds is 2. The Morgan fingerprint density at radius 2 is 2.39 bits per heavy atom. The van der Waals surface area contributed by atoms with Crippen LogP contribution in [-0.4, -0.2) is 29.6 Å². The monoisotopic (exact) mass is 259 g/mol. The molecule has 0 bridgehead atoms. The van der Waals surface area contributed by atoms with Crippen LogP contribution in [-0.2, 0) is 12.8 Å². The van der Waals surface area contributed by atoms with Gasteiger partial charge in [-0.1, -0.05) is 0 Å². The van der Waals surface area contributed by atoms with Crippen LogP contribution < -0.4 is 4.90 Å². The summed E-state index contributed by atoms with van der Waals surface area (Å²) in [5, 5.41) is 9.32. The van der Waals surface area contributed by atoms with E-state index in [0.717, 1.165) is 30.0 Å². The molecule has 3 rings (SSSR count). The van der Waals surface area contributed by atoms with Crippen molar-refractivity contribution < 1.29 is 0 Å². The van der Waals surface area contributed by atoms with E-state index in [-0.39, 0.29) is 0 Å². The van der Waals surface area contributed by atoms with E-state index in [1.165, 1.54) is 29.9 Å². The number of fused-ring (bicyclic) bond motifs is 1. The molecule has 2 aliphatic rings. The fraction of sp³-hybridized carbons (Fsp3) is 0.571. The number of nitrogens with zero attached hydrogens (tertiary/aromatic N) is 3. The van der Waals surface area contributed by atoms with Crippen LogP contribution in [0.1, 0.15) is 29.7 Å². The first kappa shape index (κ1) is 11.9. The molecular formula is C14H17N3S. The second-order valence-electron chi connectivity index (χ2n) is 5.06. The Kier molecular flexibility index (Phi) is 3.17. The Morgan fingerprint density at radius 1 is 1.50 bits per heavy atom. The molecule has 1 unspecified atom stereocenters. The molecule has 1 aromatic heterocycles. The molecule has 0 spiro atoms. The molecule has 0 amide bonds. The van der Waals surface area contributed by atoms with Crippen LogP contribution in [0.3, 0.4) is 0 Å². The highest BCUT2D eigenvalue weighted by atomic mass is 32.2. The van der Waals surface area contributed by atoms with Crippen molar-refractivity contribution >= 4 is 17.6 Å². The standard InChI is InChI=1S/C14H17N3S/c1-17(12-5-6-18-9-12)14-11(8-15)7-10-3-2-4-13(10)16-14/h7,12H,2-6,9H2,1H3. The van der Waals surface area contributed by atoms with Crippen LogP contribution in [0.5, 0.6) is 0 Å². The van der Waals surface area contributed by atoms with E-state index in [2.05, 4.69) is 24.1 Å². The van der Waals surface area contributed by atoms with Crippen LogP contribution in [0.15, 0.2) is 6.07 Å². The Morgan fingerprint density at radius 3 is 3.11 bits per heavy atom. The number of aryl methyl sites for hydroxylation is 2. The number of pyridine rings is 1. The topological polar surface area (TPSA) is 39.9 Å². The molecule has 1 atom stereocenters. The maximum absolute atomic E-state index is 9.32. The lowest BCUT2D eigenvalue weighted by atomic mass is 10.1. The molecule has 4 heteroatoms. The molecule has 2 heterocycles. The number of hydrogen-bond donors (Lipinski definition) is 0. The van der Waals surface area contributed by atoms with E-state index in [1.807, 2.05) is 11.8 Å². The van der Waals surface area contributed by atoms with Crippen molar-refractivity contribution in [2.75, 3.05) is 23.5 Å². The first-order valence-corrected chi connectivity index (χ1v) is 7.68. The minimum Gasteiger partial charge on any atom is -0.355 e. The van der Waals surface area contributed by atoms with Gasteiger partial charge < -0.3 is 4.90 Å². The van der Waals surface area contributed by atoms with Gasteiger partial charge >= 0.3 is 0 Å². The number of aromatic nitrogens is 1. The number of nitriles is 1. The molecule has 1 aliphatic heterocycles. The summed E-state index contributed by atoms with van der Waals surface area (Å²) in [5.74, 6) is 3.27. The van der Waals surface area contributed by atoms with Gasteiger partial charge in [0.2, 0.25) is 0 Å². The molecule has 0 N–H and O–H groups in total. The van der Waals surface area contributed by atoms with Crippen LogP contribution in [0.4, 0.5) is 5.82 Å². The third-order valence-corrected chi connectivity index (χ3v) is 5.08. The van der Waals surface area contributed by atoms with Crippen molar-refractivity contribution in [2.45, 2.75) is 31.7 Å². The first-order chi connectivity index (χ1) is 8.79. The molecule has 0 radical (unpaired) electrons. The molecule has 0 aromatic carbocycles. The summed E-state index contributed by atoms with van der Waals surface area (Å²) >= 11 is 1.99. The summed E-state index contributed by atoms with van der Waals surface area (Å²) in [5.41, 5.74) is 3.24. The summed E-state index contributed by atoms with van der Waals surface area (Å²) in [6.07, 6.45) is 4.53. The van der Waals surface area contributed by atoms with Crippen LogP contribution in [0.25, 0.3) is 0 Å². The minimum atomic E-state index is 0.536. The molecule has 3 nitrogen and oxygen atoms in total. The fourth-order valence-corrected chi connectivity index (χ4v) is 4.08. The summed E-state index contributed by atoms with van der Waals surface area (Å²) < 4.78 is 0. The third kappa shape index (κ3) is 1.97. The van der Waals surface area contributed by atoms with Gasteiger partial charge in [0.15, 0.2) is 0 Å². The summed E-state index contributed by atoms with van der Waals surface area (Å²) in [6, 6.07) is 4.91. The third-order valence-electron chi connectivity index (χ3n) is 3.94. The molecular weight excluding hydrogens is 242 g/mol. The minimum absolute atomic E-state index is 0.536. The molecule has 18 heavy (non-hydrogen) atoms. The number of hydrogen-bond acceptors (Lipinski definition) is 4. The molecule has 94 valence electrons. The quantitative estimate of drug-likeness (QED) is 0.817. The Balaban J connectivity index is 1.97. The molecule has 1 aliphatic carbocycles. The second kappa shape index (κ2) is 4.81. The van der Waals surface area contributed by atoms with E-state index < -0.39 is 0 Å². The number of thioether (sulfide) groups is 1. The highest BCUT2D eigenvalue weighted by Crippen LogP contribution is 2.30. The van der Waals surface area contributed by atoms with Crippen molar-refractivity contribution in [3.63, 3.8) is 0 Å². The van der Waals surface area contributed by atoms with Crippen LogP contribution >= 0.6 is 11.8 Å². The van der Waals surface area contributed by atoms with E-state index in [0.29, 0.717) is 6.04 Å². The van der Waals surface area contributed by atoms with Gasteiger partial charge in [-0.25, -0.2) is 4.98 Å². The maximum Gasteiger partial charge on any atom is 0.146 e. The highest BCUT2D eigenvalue weighted by molar-refractivity contribution is 7.99. The largest absolute Gasteiger partial charge is 0.355 e. The van der Waals surface area contributed by atoms with Crippen molar-refractivity contribution in [3.8, 4) is 6.07 Å². The molecule has 1 saturated heterocycles. The normalized spacial score (nSPS) is 21.7. The lowest BCUT2D eigenvalue weighted by Gasteiger charge is -2.26. The van der Waals surface area contributed by atoms with Gasteiger partial charge in [0.1, 0.15) is 11.9 Å². The molecule has 0 saturated carbocycles. The Labute approximate surface area is 112 Å². The smallest absolute Gasteiger partial charge is 0.146 e. The summed E-state index contributed by atoms with van der Waals surface area (Å²) in [7, 11) is 2.08. The van der Waals surface area contributed by atoms with Gasteiger partial charge in [0.25, 0.3) is 0 Å². The zero-order valence-electron chi connectivity index (χ0n) is 10.6. The predicted octanol–water partition coefficient (Wildman–Crippen LogP) is 2.38. The van der Waals surface area contributed by atoms with E-state index in [1.54, 1.807) is 0 Å². The van der Waals surface area contributed by atoms with Gasteiger partial charge in [-0.15, -0.1) is 0 Å². The van der Waals surface area contributed by atoms with Gasteiger partial charge in [-0.2, -0.15) is 17.0 Å². The second-order valence-corrected chi connectivity index (χ2v) is 6.21. The fourth-order valence-electron chi connectivity index (χ4n) is 2.81. The number of anilines is 1. The van der Waals surface area contributed by atoms with Crippen molar-refractivity contribution in [1.82, 2.24) is 4.98 Å². The zero-order chi connectivity index (χ0) is 12.5. The van der Waals surface area contributed by atoms with Crippen molar-refractivity contribution in [3.05, 3.63) is 22.9 Å². The van der Waals surface area contributed by atoms with Gasteiger partial charge in [0, 0.05) is 24.5 Å². The Bertz CT molecular complexity index is 500.